The van der Waals surface area contributed by atoms with Crippen molar-refractivity contribution in [1.82, 2.24) is 5.32 Å². The van der Waals surface area contributed by atoms with Gasteiger partial charge in [-0.05, 0) is 43.0 Å². The first-order valence-electron chi connectivity index (χ1n) is 8.66. The van der Waals surface area contributed by atoms with E-state index in [4.69, 9.17) is 10.5 Å². The van der Waals surface area contributed by atoms with Crippen molar-refractivity contribution in [1.29, 1.82) is 0 Å². The van der Waals surface area contributed by atoms with Crippen LogP contribution in [0.5, 0.6) is 0 Å². The average Bonchev–Trinajstić information content (AvgIpc) is 2.62. The Morgan fingerprint density at radius 2 is 1.77 bits per heavy atom. The van der Waals surface area contributed by atoms with Crippen LogP contribution in [0.2, 0.25) is 0 Å². The third kappa shape index (κ3) is 3.33. The number of nitrogens with two attached hydrogens (primary N) is 1. The quantitative estimate of drug-likeness (QED) is 0.831. The molecular weight excluding hydrogens is 326 g/mol. The van der Waals surface area contributed by atoms with E-state index in [2.05, 4.69) is 10.3 Å². The molecule has 3 rings (SSSR count). The van der Waals surface area contributed by atoms with E-state index < -0.39 is 6.04 Å². The molecule has 0 aromatic heterocycles. The minimum absolute atomic E-state index is 0.282. The third-order valence-corrected chi connectivity index (χ3v) is 4.44. The lowest BCUT2D eigenvalue weighted by Crippen LogP contribution is -2.37. The number of nitrogens with one attached hydrogen (secondary N) is 1. The summed E-state index contributed by atoms with van der Waals surface area (Å²) in [6.45, 7) is 6.12. The van der Waals surface area contributed by atoms with Crippen molar-refractivity contribution in [3.05, 3.63) is 76.4 Å². The molecule has 26 heavy (non-hydrogen) atoms. The molecule has 0 saturated heterocycles. The van der Waals surface area contributed by atoms with Crippen LogP contribution in [0.3, 0.4) is 0 Å². The molecule has 0 aliphatic carbocycles. The SMILES string of the molecule is CCOC(=O)C1=C(c2ccccc2)NC(N)=NC1c1c(C)cccc1C. The zero-order valence-corrected chi connectivity index (χ0v) is 15.2. The molecule has 0 amide bonds. The van der Waals surface area contributed by atoms with Crippen LogP contribution in [0.1, 0.15) is 35.2 Å². The van der Waals surface area contributed by atoms with E-state index >= 15 is 0 Å². The smallest absolute Gasteiger partial charge is 0.338 e. The van der Waals surface area contributed by atoms with Crippen molar-refractivity contribution in [2.75, 3.05) is 6.61 Å². The summed E-state index contributed by atoms with van der Waals surface area (Å²) >= 11 is 0. The van der Waals surface area contributed by atoms with Gasteiger partial charge in [0.05, 0.1) is 17.9 Å². The molecule has 5 nitrogen and oxygen atoms in total. The Kier molecular flexibility index (Phi) is 5.07. The van der Waals surface area contributed by atoms with Gasteiger partial charge in [-0.25, -0.2) is 9.79 Å². The average molecular weight is 349 g/mol. The van der Waals surface area contributed by atoms with Gasteiger partial charge < -0.3 is 15.8 Å². The minimum atomic E-state index is -0.508. The van der Waals surface area contributed by atoms with Crippen LogP contribution in [0.15, 0.2) is 59.1 Å². The molecule has 1 aliphatic heterocycles. The zero-order valence-electron chi connectivity index (χ0n) is 15.2. The van der Waals surface area contributed by atoms with Gasteiger partial charge >= 0.3 is 5.97 Å². The fourth-order valence-corrected chi connectivity index (χ4v) is 3.29. The lowest BCUT2D eigenvalue weighted by Gasteiger charge is -2.28. The Balaban J connectivity index is 2.25. The van der Waals surface area contributed by atoms with E-state index in [0.29, 0.717) is 17.9 Å². The van der Waals surface area contributed by atoms with Gasteiger partial charge in [-0.2, -0.15) is 0 Å². The molecule has 134 valence electrons. The highest BCUT2D eigenvalue weighted by Crippen LogP contribution is 2.37. The van der Waals surface area contributed by atoms with Gasteiger partial charge in [0, 0.05) is 0 Å². The number of hydrogen-bond acceptors (Lipinski definition) is 5. The maximum atomic E-state index is 12.9. The van der Waals surface area contributed by atoms with Gasteiger partial charge in [0.2, 0.25) is 0 Å². The van der Waals surface area contributed by atoms with Gasteiger partial charge in [-0.15, -0.1) is 0 Å². The maximum Gasteiger partial charge on any atom is 0.338 e. The van der Waals surface area contributed by atoms with Crippen molar-refractivity contribution in [2.24, 2.45) is 10.7 Å². The predicted molar refractivity (Wildman–Crippen MR) is 103 cm³/mol. The lowest BCUT2D eigenvalue weighted by molar-refractivity contribution is -0.138. The van der Waals surface area contributed by atoms with Gasteiger partial charge in [0.25, 0.3) is 0 Å². The number of rotatable bonds is 4. The topological polar surface area (TPSA) is 76.7 Å². The number of carbonyl (C=O) groups excluding carboxylic acids is 1. The molecule has 5 heteroatoms. The first-order valence-corrected chi connectivity index (χ1v) is 8.66. The third-order valence-electron chi connectivity index (χ3n) is 4.44. The summed E-state index contributed by atoms with van der Waals surface area (Å²) in [5.41, 5.74) is 11.2. The number of aliphatic imine (C=N–C) groups is 1. The Bertz CT molecular complexity index is 865. The number of hydrogen-bond donors (Lipinski definition) is 2. The summed E-state index contributed by atoms with van der Waals surface area (Å²) in [7, 11) is 0. The van der Waals surface area contributed by atoms with E-state index in [1.807, 2.05) is 62.4 Å². The largest absolute Gasteiger partial charge is 0.463 e. The summed E-state index contributed by atoms with van der Waals surface area (Å²) < 4.78 is 5.35. The molecule has 0 fully saturated rings. The van der Waals surface area contributed by atoms with E-state index in [-0.39, 0.29) is 11.9 Å². The zero-order chi connectivity index (χ0) is 18.7. The highest BCUT2D eigenvalue weighted by molar-refractivity contribution is 6.04. The van der Waals surface area contributed by atoms with Gasteiger partial charge in [-0.1, -0.05) is 48.5 Å². The summed E-state index contributed by atoms with van der Waals surface area (Å²) in [5.74, 6) is -0.104. The van der Waals surface area contributed by atoms with Crippen LogP contribution in [-0.4, -0.2) is 18.5 Å². The van der Waals surface area contributed by atoms with Gasteiger partial charge in [0.1, 0.15) is 6.04 Å². The van der Waals surface area contributed by atoms with E-state index in [9.17, 15) is 4.79 Å². The second-order valence-electron chi connectivity index (χ2n) is 6.22. The second-order valence-corrected chi connectivity index (χ2v) is 6.22. The predicted octanol–water partition coefficient (Wildman–Crippen LogP) is 3.24. The highest BCUT2D eigenvalue weighted by atomic mass is 16.5. The van der Waals surface area contributed by atoms with Crippen LogP contribution in [0.4, 0.5) is 0 Å². The van der Waals surface area contributed by atoms with Gasteiger partial charge in [0.15, 0.2) is 5.96 Å². The van der Waals surface area contributed by atoms with Gasteiger partial charge in [-0.3, -0.25) is 0 Å². The fourth-order valence-electron chi connectivity index (χ4n) is 3.29. The number of aryl methyl sites for hydroxylation is 2. The molecule has 2 aromatic carbocycles. The fraction of sp³-hybridized carbons (Fsp3) is 0.238. The minimum Gasteiger partial charge on any atom is -0.463 e. The Morgan fingerprint density at radius 3 is 2.38 bits per heavy atom. The van der Waals surface area contributed by atoms with Crippen molar-refractivity contribution in [2.45, 2.75) is 26.8 Å². The number of guanidine groups is 1. The Morgan fingerprint density at radius 1 is 1.12 bits per heavy atom. The normalized spacial score (nSPS) is 16.7. The van der Waals surface area contributed by atoms with Crippen molar-refractivity contribution in [3.8, 4) is 0 Å². The molecule has 1 unspecified atom stereocenters. The lowest BCUT2D eigenvalue weighted by atomic mass is 9.88. The molecule has 0 radical (unpaired) electrons. The summed E-state index contributed by atoms with van der Waals surface area (Å²) in [5, 5.41) is 3.07. The number of nitrogens with zero attached hydrogens (tertiary/aromatic N) is 1. The summed E-state index contributed by atoms with van der Waals surface area (Å²) in [6.07, 6.45) is 0. The van der Waals surface area contributed by atoms with Crippen LogP contribution in [0, 0.1) is 13.8 Å². The standard InChI is InChI=1S/C21H23N3O2/c1-4-26-20(25)17-18(15-11-6-5-7-12-15)23-21(22)24-19(17)16-13(2)9-8-10-14(16)3/h5-12,19H,4H2,1-3H3,(H3,22,23,24). The molecule has 0 saturated carbocycles. The molecule has 2 aromatic rings. The molecule has 3 N–H and O–H groups in total. The summed E-state index contributed by atoms with van der Waals surface area (Å²) in [6, 6.07) is 15.1. The van der Waals surface area contributed by atoms with E-state index in [0.717, 1.165) is 22.3 Å². The summed E-state index contributed by atoms with van der Waals surface area (Å²) in [4.78, 5) is 17.4. The second kappa shape index (κ2) is 7.44. The molecule has 1 aliphatic rings. The van der Waals surface area contributed by atoms with Crippen LogP contribution in [0.25, 0.3) is 5.70 Å². The molecule has 1 heterocycles. The van der Waals surface area contributed by atoms with E-state index in [1.54, 1.807) is 6.92 Å². The monoisotopic (exact) mass is 349 g/mol. The van der Waals surface area contributed by atoms with Crippen LogP contribution < -0.4 is 11.1 Å². The van der Waals surface area contributed by atoms with Crippen LogP contribution >= 0.6 is 0 Å². The maximum absolute atomic E-state index is 12.9. The molecule has 1 atom stereocenters. The molecule has 0 spiro atoms. The van der Waals surface area contributed by atoms with Crippen LogP contribution in [-0.2, 0) is 9.53 Å². The number of carbonyl (C=O) groups is 1. The van der Waals surface area contributed by atoms with Crippen molar-refractivity contribution >= 4 is 17.6 Å². The number of benzene rings is 2. The highest BCUT2D eigenvalue weighted by Gasteiger charge is 2.33. The van der Waals surface area contributed by atoms with Crippen molar-refractivity contribution < 1.29 is 9.53 Å². The number of esters is 1. The number of ether oxygens (including phenoxy) is 1. The first kappa shape index (κ1) is 17.7. The van der Waals surface area contributed by atoms with Crippen molar-refractivity contribution in [3.63, 3.8) is 0 Å². The van der Waals surface area contributed by atoms with E-state index in [1.165, 1.54) is 0 Å². The Hall–Kier alpha value is -3.08. The Labute approximate surface area is 153 Å². The molecule has 0 bridgehead atoms. The molecular formula is C21H23N3O2. The first-order chi connectivity index (χ1) is 12.5.